The molecular weight excluding hydrogens is 222 g/mol. The highest BCUT2D eigenvalue weighted by atomic mass is 32.2. The predicted molar refractivity (Wildman–Crippen MR) is 68.4 cm³/mol. The first kappa shape index (κ1) is 14.0. The zero-order valence-electron chi connectivity index (χ0n) is 10.5. The summed E-state index contributed by atoms with van der Waals surface area (Å²) >= 11 is 0. The maximum absolute atomic E-state index is 11.0. The van der Waals surface area contributed by atoms with E-state index in [9.17, 15) is 8.42 Å². The van der Waals surface area contributed by atoms with Gasteiger partial charge in [-0.3, -0.25) is 0 Å². The molecule has 0 aromatic carbocycles. The summed E-state index contributed by atoms with van der Waals surface area (Å²) in [5.74, 6) is 1.09. The van der Waals surface area contributed by atoms with Gasteiger partial charge in [-0.1, -0.05) is 19.8 Å². The molecule has 0 amide bonds. The van der Waals surface area contributed by atoms with Crippen molar-refractivity contribution < 1.29 is 8.42 Å². The standard InChI is InChI=1S/C12H25NO2S/c1-3-13-12-8-4-6-11(10-12)7-5-9-16(2,14)15/h11-13H,3-10H2,1-2H3. The van der Waals surface area contributed by atoms with Crippen molar-refractivity contribution in [3.05, 3.63) is 0 Å². The molecule has 96 valence electrons. The van der Waals surface area contributed by atoms with Crippen LogP contribution in [0.5, 0.6) is 0 Å². The van der Waals surface area contributed by atoms with Gasteiger partial charge in [0.05, 0.1) is 0 Å². The van der Waals surface area contributed by atoms with E-state index in [1.807, 2.05) is 0 Å². The van der Waals surface area contributed by atoms with Crippen molar-refractivity contribution in [2.45, 2.75) is 51.5 Å². The van der Waals surface area contributed by atoms with E-state index < -0.39 is 9.84 Å². The molecule has 0 spiro atoms. The molecule has 1 fully saturated rings. The summed E-state index contributed by atoms with van der Waals surface area (Å²) in [5, 5.41) is 3.50. The maximum Gasteiger partial charge on any atom is 0.147 e. The fourth-order valence-electron chi connectivity index (χ4n) is 2.66. The van der Waals surface area contributed by atoms with Crippen molar-refractivity contribution in [1.29, 1.82) is 0 Å². The molecule has 0 bridgehead atoms. The summed E-state index contributed by atoms with van der Waals surface area (Å²) in [5.41, 5.74) is 0. The van der Waals surface area contributed by atoms with Crippen LogP contribution in [-0.2, 0) is 9.84 Å². The topological polar surface area (TPSA) is 46.2 Å². The van der Waals surface area contributed by atoms with Crippen LogP contribution in [0.15, 0.2) is 0 Å². The third-order valence-corrected chi connectivity index (χ3v) is 4.43. The largest absolute Gasteiger partial charge is 0.314 e. The average Bonchev–Trinajstić information content (AvgIpc) is 2.17. The molecule has 4 heteroatoms. The third-order valence-electron chi connectivity index (χ3n) is 3.40. The monoisotopic (exact) mass is 247 g/mol. The van der Waals surface area contributed by atoms with Gasteiger partial charge in [0.15, 0.2) is 0 Å². The molecule has 1 N–H and O–H groups in total. The molecule has 0 aromatic rings. The Bertz CT molecular complexity index is 285. The third kappa shape index (κ3) is 5.85. The van der Waals surface area contributed by atoms with E-state index >= 15 is 0 Å². The second-order valence-corrected chi connectivity index (χ2v) is 7.32. The van der Waals surface area contributed by atoms with Gasteiger partial charge >= 0.3 is 0 Å². The Morgan fingerprint density at radius 1 is 1.31 bits per heavy atom. The van der Waals surface area contributed by atoms with E-state index in [-0.39, 0.29) is 0 Å². The van der Waals surface area contributed by atoms with Gasteiger partial charge in [-0.2, -0.15) is 0 Å². The lowest BCUT2D eigenvalue weighted by molar-refractivity contribution is 0.274. The second kappa shape index (κ2) is 6.60. The Balaban J connectivity index is 2.21. The van der Waals surface area contributed by atoms with Crippen LogP contribution in [0.2, 0.25) is 0 Å². The lowest BCUT2D eigenvalue weighted by Gasteiger charge is -2.29. The van der Waals surface area contributed by atoms with Gasteiger partial charge in [0.25, 0.3) is 0 Å². The summed E-state index contributed by atoms with van der Waals surface area (Å²) < 4.78 is 22.1. The van der Waals surface area contributed by atoms with E-state index in [4.69, 9.17) is 0 Å². The molecule has 0 radical (unpaired) electrons. The fourth-order valence-corrected chi connectivity index (χ4v) is 3.35. The first-order chi connectivity index (χ1) is 7.51. The van der Waals surface area contributed by atoms with Gasteiger partial charge < -0.3 is 5.32 Å². The van der Waals surface area contributed by atoms with Gasteiger partial charge in [0.1, 0.15) is 9.84 Å². The van der Waals surface area contributed by atoms with E-state index in [1.165, 1.54) is 31.9 Å². The van der Waals surface area contributed by atoms with Gasteiger partial charge in [0.2, 0.25) is 0 Å². The van der Waals surface area contributed by atoms with Crippen molar-refractivity contribution in [2.24, 2.45) is 5.92 Å². The van der Waals surface area contributed by atoms with Crippen molar-refractivity contribution in [2.75, 3.05) is 18.6 Å². The normalized spacial score (nSPS) is 26.9. The van der Waals surface area contributed by atoms with Crippen LogP contribution in [-0.4, -0.2) is 33.0 Å². The molecule has 2 atom stereocenters. The summed E-state index contributed by atoms with van der Waals surface area (Å²) in [4.78, 5) is 0. The number of hydrogen-bond acceptors (Lipinski definition) is 3. The molecule has 3 nitrogen and oxygen atoms in total. The lowest BCUT2D eigenvalue weighted by Crippen LogP contribution is -2.34. The first-order valence-electron chi connectivity index (χ1n) is 6.42. The number of hydrogen-bond donors (Lipinski definition) is 1. The van der Waals surface area contributed by atoms with Gasteiger partial charge in [-0.25, -0.2) is 8.42 Å². The summed E-state index contributed by atoms with van der Waals surface area (Å²) in [6.07, 6.45) is 8.34. The summed E-state index contributed by atoms with van der Waals surface area (Å²) in [6.45, 7) is 3.19. The minimum atomic E-state index is -2.76. The smallest absolute Gasteiger partial charge is 0.147 e. The van der Waals surface area contributed by atoms with E-state index in [0.29, 0.717) is 11.8 Å². The number of sulfone groups is 1. The van der Waals surface area contributed by atoms with Crippen LogP contribution in [0, 0.1) is 5.92 Å². The molecule has 0 saturated heterocycles. The highest BCUT2D eigenvalue weighted by molar-refractivity contribution is 7.90. The molecule has 0 heterocycles. The Morgan fingerprint density at radius 3 is 2.69 bits per heavy atom. The first-order valence-corrected chi connectivity index (χ1v) is 8.48. The molecule has 1 saturated carbocycles. The highest BCUT2D eigenvalue weighted by Crippen LogP contribution is 2.27. The zero-order valence-corrected chi connectivity index (χ0v) is 11.4. The van der Waals surface area contributed by atoms with E-state index in [2.05, 4.69) is 12.2 Å². The van der Waals surface area contributed by atoms with Gasteiger partial charge in [-0.05, 0) is 38.1 Å². The molecule has 2 unspecified atom stereocenters. The molecule has 1 rings (SSSR count). The van der Waals surface area contributed by atoms with E-state index in [0.717, 1.165) is 25.3 Å². The molecule has 1 aliphatic rings. The fraction of sp³-hybridized carbons (Fsp3) is 1.00. The summed E-state index contributed by atoms with van der Waals surface area (Å²) in [7, 11) is -2.76. The predicted octanol–water partition coefficient (Wildman–Crippen LogP) is 1.98. The van der Waals surface area contributed by atoms with Crippen LogP contribution in [0.1, 0.15) is 45.4 Å². The second-order valence-electron chi connectivity index (χ2n) is 5.06. The van der Waals surface area contributed by atoms with Crippen LogP contribution >= 0.6 is 0 Å². The van der Waals surface area contributed by atoms with Gasteiger partial charge in [0, 0.05) is 18.1 Å². The minimum Gasteiger partial charge on any atom is -0.314 e. The molecule has 1 aliphatic carbocycles. The quantitative estimate of drug-likeness (QED) is 0.780. The molecular formula is C12H25NO2S. The average molecular weight is 247 g/mol. The molecule has 16 heavy (non-hydrogen) atoms. The van der Waals surface area contributed by atoms with Crippen LogP contribution < -0.4 is 5.32 Å². The van der Waals surface area contributed by atoms with Crippen molar-refractivity contribution in [3.63, 3.8) is 0 Å². The zero-order chi connectivity index (χ0) is 12.0. The Hall–Kier alpha value is -0.0900. The Labute approximate surface area is 99.9 Å². The Kier molecular flexibility index (Phi) is 5.76. The maximum atomic E-state index is 11.0. The van der Waals surface area contributed by atoms with Crippen molar-refractivity contribution in [1.82, 2.24) is 5.32 Å². The van der Waals surface area contributed by atoms with Crippen LogP contribution in [0.4, 0.5) is 0 Å². The Morgan fingerprint density at radius 2 is 2.06 bits per heavy atom. The highest BCUT2D eigenvalue weighted by Gasteiger charge is 2.21. The number of rotatable bonds is 6. The van der Waals surface area contributed by atoms with E-state index in [1.54, 1.807) is 0 Å². The summed E-state index contributed by atoms with van der Waals surface area (Å²) in [6, 6.07) is 0.669. The van der Waals surface area contributed by atoms with Crippen molar-refractivity contribution in [3.8, 4) is 0 Å². The van der Waals surface area contributed by atoms with Crippen LogP contribution in [0.25, 0.3) is 0 Å². The lowest BCUT2D eigenvalue weighted by atomic mass is 9.83. The van der Waals surface area contributed by atoms with Gasteiger partial charge in [-0.15, -0.1) is 0 Å². The SMILES string of the molecule is CCNC1CCCC(CCCS(C)(=O)=O)C1. The number of nitrogens with one attached hydrogen (secondary N) is 1. The van der Waals surface area contributed by atoms with Crippen molar-refractivity contribution >= 4 is 9.84 Å². The molecule has 0 aliphatic heterocycles. The molecule has 0 aromatic heterocycles. The minimum absolute atomic E-state index is 0.357. The van der Waals surface area contributed by atoms with Crippen LogP contribution in [0.3, 0.4) is 0 Å².